The van der Waals surface area contributed by atoms with E-state index in [9.17, 15) is 14.7 Å². The van der Waals surface area contributed by atoms with Crippen LogP contribution in [0.5, 0.6) is 0 Å². The Bertz CT molecular complexity index is 659. The number of aryl methyl sites for hydroxylation is 1. The van der Waals surface area contributed by atoms with Crippen molar-refractivity contribution in [1.82, 2.24) is 15.3 Å². The molecule has 1 amide bonds. The van der Waals surface area contributed by atoms with E-state index < -0.39 is 17.8 Å². The molecule has 2 rings (SSSR count). The Kier molecular flexibility index (Phi) is 5.19. The molecule has 6 nitrogen and oxygen atoms in total. The maximum atomic E-state index is 11.9. The summed E-state index contributed by atoms with van der Waals surface area (Å²) in [5, 5.41) is 11.9. The summed E-state index contributed by atoms with van der Waals surface area (Å²) in [5.41, 5.74) is 2.17. The van der Waals surface area contributed by atoms with Crippen LogP contribution in [0.1, 0.15) is 21.6 Å². The number of rotatable bonds is 6. The summed E-state index contributed by atoms with van der Waals surface area (Å²) < 4.78 is 0. The Labute approximate surface area is 128 Å². The highest BCUT2D eigenvalue weighted by atomic mass is 16.4. The maximum Gasteiger partial charge on any atom is 0.308 e. The fraction of sp³-hybridized carbons (Fsp3) is 0.250. The molecule has 0 aliphatic heterocycles. The van der Waals surface area contributed by atoms with Crippen LogP contribution in [0.3, 0.4) is 0 Å². The van der Waals surface area contributed by atoms with E-state index in [1.54, 1.807) is 0 Å². The van der Waals surface area contributed by atoms with E-state index in [1.807, 2.05) is 31.2 Å². The molecule has 0 radical (unpaired) electrons. The number of hydrogen-bond acceptors (Lipinski definition) is 4. The molecule has 1 unspecified atom stereocenters. The van der Waals surface area contributed by atoms with Gasteiger partial charge in [-0.2, -0.15) is 0 Å². The smallest absolute Gasteiger partial charge is 0.308 e. The van der Waals surface area contributed by atoms with Crippen molar-refractivity contribution >= 4 is 11.9 Å². The standard InChI is InChI=1S/C16H17N3O3/c1-11-3-2-4-12(7-11)8-13(16(21)22)9-19-15(20)14-10-17-5-6-18-14/h2-7,10,13H,8-9H2,1H3,(H,19,20)(H,21,22). The number of benzene rings is 1. The van der Waals surface area contributed by atoms with Crippen molar-refractivity contribution in [2.45, 2.75) is 13.3 Å². The number of nitrogens with zero attached hydrogens (tertiary/aromatic N) is 2. The topological polar surface area (TPSA) is 92.2 Å². The highest BCUT2D eigenvalue weighted by molar-refractivity contribution is 5.92. The van der Waals surface area contributed by atoms with Crippen LogP contribution < -0.4 is 5.32 Å². The largest absolute Gasteiger partial charge is 0.481 e. The zero-order valence-electron chi connectivity index (χ0n) is 12.2. The third kappa shape index (κ3) is 4.37. The van der Waals surface area contributed by atoms with Gasteiger partial charge in [-0.3, -0.25) is 14.6 Å². The molecule has 0 aliphatic rings. The quantitative estimate of drug-likeness (QED) is 0.842. The van der Waals surface area contributed by atoms with E-state index in [0.29, 0.717) is 6.42 Å². The van der Waals surface area contributed by atoms with Gasteiger partial charge in [-0.15, -0.1) is 0 Å². The zero-order valence-corrected chi connectivity index (χ0v) is 12.2. The van der Waals surface area contributed by atoms with Crippen molar-refractivity contribution < 1.29 is 14.7 Å². The van der Waals surface area contributed by atoms with E-state index in [4.69, 9.17) is 0 Å². The van der Waals surface area contributed by atoms with Crippen molar-refractivity contribution in [2.75, 3.05) is 6.54 Å². The van der Waals surface area contributed by atoms with Crippen LogP contribution in [0.4, 0.5) is 0 Å². The summed E-state index contributed by atoms with van der Waals surface area (Å²) in [6.45, 7) is 1.99. The molecular weight excluding hydrogens is 282 g/mol. The minimum atomic E-state index is -0.944. The Morgan fingerprint density at radius 3 is 2.77 bits per heavy atom. The van der Waals surface area contributed by atoms with Gasteiger partial charge in [0.15, 0.2) is 0 Å². The highest BCUT2D eigenvalue weighted by Crippen LogP contribution is 2.11. The molecule has 22 heavy (non-hydrogen) atoms. The third-order valence-corrected chi connectivity index (χ3v) is 3.22. The van der Waals surface area contributed by atoms with E-state index in [0.717, 1.165) is 11.1 Å². The van der Waals surface area contributed by atoms with Gasteiger partial charge < -0.3 is 10.4 Å². The predicted octanol–water partition coefficient (Wildman–Crippen LogP) is 1.46. The van der Waals surface area contributed by atoms with Crippen LogP contribution in [-0.4, -0.2) is 33.5 Å². The average molecular weight is 299 g/mol. The minimum absolute atomic E-state index is 0.0404. The summed E-state index contributed by atoms with van der Waals surface area (Å²) in [6.07, 6.45) is 4.58. The Hall–Kier alpha value is -2.76. The van der Waals surface area contributed by atoms with E-state index in [-0.39, 0.29) is 12.2 Å². The number of hydrogen-bond donors (Lipinski definition) is 2. The zero-order chi connectivity index (χ0) is 15.9. The van der Waals surface area contributed by atoms with Gasteiger partial charge in [-0.1, -0.05) is 29.8 Å². The van der Waals surface area contributed by atoms with Crippen molar-refractivity contribution in [1.29, 1.82) is 0 Å². The second-order valence-corrected chi connectivity index (χ2v) is 5.03. The first-order valence-electron chi connectivity index (χ1n) is 6.89. The monoisotopic (exact) mass is 299 g/mol. The molecule has 1 aromatic heterocycles. The molecule has 0 saturated carbocycles. The first kappa shape index (κ1) is 15.6. The van der Waals surface area contributed by atoms with Gasteiger partial charge >= 0.3 is 5.97 Å². The van der Waals surface area contributed by atoms with Gasteiger partial charge in [-0.25, -0.2) is 4.98 Å². The lowest BCUT2D eigenvalue weighted by molar-refractivity contribution is -0.141. The van der Waals surface area contributed by atoms with Gasteiger partial charge in [0.25, 0.3) is 5.91 Å². The molecule has 2 N–H and O–H groups in total. The normalized spacial score (nSPS) is 11.7. The molecule has 1 atom stereocenters. The lowest BCUT2D eigenvalue weighted by Gasteiger charge is -2.13. The maximum absolute atomic E-state index is 11.9. The summed E-state index contributed by atoms with van der Waals surface area (Å²) >= 11 is 0. The second-order valence-electron chi connectivity index (χ2n) is 5.03. The van der Waals surface area contributed by atoms with Gasteiger partial charge in [0.1, 0.15) is 5.69 Å². The molecule has 0 aliphatic carbocycles. The predicted molar refractivity (Wildman–Crippen MR) is 80.4 cm³/mol. The molecule has 1 heterocycles. The lowest BCUT2D eigenvalue weighted by Crippen LogP contribution is -2.34. The van der Waals surface area contributed by atoms with Crippen molar-refractivity contribution in [2.24, 2.45) is 5.92 Å². The summed E-state index contributed by atoms with van der Waals surface area (Å²) in [6, 6.07) is 7.67. The Morgan fingerprint density at radius 1 is 1.32 bits per heavy atom. The van der Waals surface area contributed by atoms with Crippen LogP contribution >= 0.6 is 0 Å². The Morgan fingerprint density at radius 2 is 2.14 bits per heavy atom. The summed E-state index contributed by atoms with van der Waals surface area (Å²) in [7, 11) is 0. The molecule has 6 heteroatoms. The minimum Gasteiger partial charge on any atom is -0.481 e. The van der Waals surface area contributed by atoms with E-state index in [1.165, 1.54) is 18.6 Å². The first-order chi connectivity index (χ1) is 10.6. The van der Waals surface area contributed by atoms with Crippen molar-refractivity contribution in [3.8, 4) is 0 Å². The average Bonchev–Trinajstić information content (AvgIpc) is 2.51. The first-order valence-corrected chi connectivity index (χ1v) is 6.89. The molecule has 2 aromatic rings. The molecule has 0 bridgehead atoms. The van der Waals surface area contributed by atoms with Crippen LogP contribution in [0.25, 0.3) is 0 Å². The van der Waals surface area contributed by atoms with Crippen LogP contribution in [0.15, 0.2) is 42.9 Å². The highest BCUT2D eigenvalue weighted by Gasteiger charge is 2.19. The van der Waals surface area contributed by atoms with Gasteiger partial charge in [0.05, 0.1) is 12.1 Å². The summed E-state index contributed by atoms with van der Waals surface area (Å²) in [4.78, 5) is 30.9. The number of carbonyl (C=O) groups is 2. The number of aliphatic carboxylic acids is 1. The number of carbonyl (C=O) groups excluding carboxylic acids is 1. The second kappa shape index (κ2) is 7.31. The van der Waals surface area contributed by atoms with E-state index in [2.05, 4.69) is 15.3 Å². The fourth-order valence-corrected chi connectivity index (χ4v) is 2.09. The lowest BCUT2D eigenvalue weighted by atomic mass is 9.98. The summed E-state index contributed by atoms with van der Waals surface area (Å²) in [5.74, 6) is -2.06. The van der Waals surface area contributed by atoms with Crippen LogP contribution in [0, 0.1) is 12.8 Å². The van der Waals surface area contributed by atoms with Crippen LogP contribution in [-0.2, 0) is 11.2 Å². The molecule has 0 spiro atoms. The number of nitrogens with one attached hydrogen (secondary N) is 1. The Balaban J connectivity index is 1.98. The number of amides is 1. The number of carboxylic acid groups (broad SMARTS) is 1. The third-order valence-electron chi connectivity index (χ3n) is 3.22. The fourth-order valence-electron chi connectivity index (χ4n) is 2.09. The van der Waals surface area contributed by atoms with Crippen molar-refractivity contribution in [3.63, 3.8) is 0 Å². The molecule has 114 valence electrons. The van der Waals surface area contributed by atoms with Gasteiger partial charge in [0, 0.05) is 18.9 Å². The van der Waals surface area contributed by atoms with Crippen LogP contribution in [0.2, 0.25) is 0 Å². The number of aromatic nitrogens is 2. The SMILES string of the molecule is Cc1cccc(CC(CNC(=O)c2cnccn2)C(=O)O)c1. The van der Waals surface area contributed by atoms with Crippen molar-refractivity contribution in [3.05, 3.63) is 59.7 Å². The van der Waals surface area contributed by atoms with E-state index >= 15 is 0 Å². The molecule has 1 aromatic carbocycles. The molecular formula is C16H17N3O3. The van der Waals surface area contributed by atoms with Gasteiger partial charge in [-0.05, 0) is 18.9 Å². The molecule has 0 saturated heterocycles. The van der Waals surface area contributed by atoms with Gasteiger partial charge in [0.2, 0.25) is 0 Å². The number of carboxylic acids is 1. The molecule has 0 fully saturated rings.